The van der Waals surface area contributed by atoms with Gasteiger partial charge >= 0.3 is 5.97 Å². The maximum atomic E-state index is 12.8. The van der Waals surface area contributed by atoms with E-state index in [0.29, 0.717) is 35.3 Å². The predicted octanol–water partition coefficient (Wildman–Crippen LogP) is 7.21. The first-order chi connectivity index (χ1) is 15.4. The zero-order chi connectivity index (χ0) is 22.8. The Labute approximate surface area is 212 Å². The van der Waals surface area contributed by atoms with Crippen LogP contribution in [0.15, 0.2) is 73.2 Å². The Kier molecular flexibility index (Phi) is 7.34. The lowest BCUT2D eigenvalue weighted by atomic mass is 9.95. The van der Waals surface area contributed by atoms with Crippen molar-refractivity contribution in [1.82, 2.24) is 4.90 Å². The van der Waals surface area contributed by atoms with Crippen molar-refractivity contribution < 1.29 is 14.3 Å². The summed E-state index contributed by atoms with van der Waals surface area (Å²) >= 11 is 14.8. The lowest BCUT2D eigenvalue weighted by Crippen LogP contribution is -2.34. The molecule has 0 amide bonds. The molecule has 0 unspecified atom stereocenters. The Bertz CT molecular complexity index is 1130. The van der Waals surface area contributed by atoms with Crippen molar-refractivity contribution in [1.29, 1.82) is 0 Å². The van der Waals surface area contributed by atoms with Crippen molar-refractivity contribution in [2.75, 3.05) is 6.61 Å². The second-order valence-electron chi connectivity index (χ2n) is 7.06. The van der Waals surface area contributed by atoms with Gasteiger partial charge in [0, 0.05) is 11.2 Å². The van der Waals surface area contributed by atoms with Gasteiger partial charge in [0.2, 0.25) is 0 Å². The number of carbonyl (C=O) groups is 1. The maximum Gasteiger partial charge on any atom is 0.338 e. The van der Waals surface area contributed by atoms with E-state index in [1.807, 2.05) is 59.8 Å². The number of benzene rings is 2. The largest absolute Gasteiger partial charge is 0.487 e. The lowest BCUT2D eigenvalue weighted by Gasteiger charge is -2.33. The van der Waals surface area contributed by atoms with E-state index in [4.69, 9.17) is 21.1 Å². The molecular weight excluding hydrogens is 580 g/mol. The van der Waals surface area contributed by atoms with Gasteiger partial charge in [-0.3, -0.25) is 0 Å². The van der Waals surface area contributed by atoms with Gasteiger partial charge in [0.1, 0.15) is 12.4 Å². The van der Waals surface area contributed by atoms with E-state index >= 15 is 0 Å². The zero-order valence-electron chi connectivity index (χ0n) is 17.3. The van der Waals surface area contributed by atoms with Crippen molar-refractivity contribution in [3.05, 3.63) is 84.4 Å². The van der Waals surface area contributed by atoms with Gasteiger partial charge < -0.3 is 14.4 Å². The van der Waals surface area contributed by atoms with Gasteiger partial charge in [0.05, 0.1) is 32.9 Å². The minimum absolute atomic E-state index is 0.300. The molecule has 1 atom stereocenters. The van der Waals surface area contributed by atoms with Gasteiger partial charge in [0.15, 0.2) is 5.17 Å². The monoisotopic (exact) mass is 596 g/mol. The van der Waals surface area contributed by atoms with Crippen LogP contribution in [0.3, 0.4) is 0 Å². The summed E-state index contributed by atoms with van der Waals surface area (Å²) in [5.41, 5.74) is 3.10. The molecule has 0 spiro atoms. The second-order valence-corrected chi connectivity index (χ2v) is 10.1. The molecule has 5 nitrogen and oxygen atoms in total. The number of thioether (sulfide) groups is 1. The van der Waals surface area contributed by atoms with Crippen molar-refractivity contribution in [3.8, 4) is 5.75 Å². The van der Waals surface area contributed by atoms with E-state index in [-0.39, 0.29) is 12.0 Å². The van der Waals surface area contributed by atoms with Crippen LogP contribution in [0.5, 0.6) is 5.75 Å². The second kappa shape index (κ2) is 10.0. The Morgan fingerprint density at radius 1 is 1.22 bits per heavy atom. The third kappa shape index (κ3) is 4.78. The number of hydrogen-bond acceptors (Lipinski definition) is 6. The quantitative estimate of drug-likeness (QED) is 0.329. The van der Waals surface area contributed by atoms with Gasteiger partial charge in [-0.25, -0.2) is 9.79 Å². The first-order valence-corrected chi connectivity index (χ1v) is 12.7. The summed E-state index contributed by atoms with van der Waals surface area (Å²) in [5, 5.41) is 3.47. The summed E-state index contributed by atoms with van der Waals surface area (Å²) in [6.07, 6.45) is 1.94. The van der Waals surface area contributed by atoms with Gasteiger partial charge in [-0.05, 0) is 86.5 Å². The standard InChI is InChI=1S/C23H19Br2ClN2O3S/c1-3-30-22(29)19-13(2)27-23-28(8-9-32-23)20(19)15-10-17(24)21(18(25)11-15)31-12-14-4-6-16(26)7-5-14/h4-11,20H,3,12H2,1-2H3/t20-/m0/s1. The molecule has 0 radical (unpaired) electrons. The number of amidine groups is 1. The number of carbonyl (C=O) groups excluding carboxylic acids is 1. The topological polar surface area (TPSA) is 51.1 Å². The van der Waals surface area contributed by atoms with Crippen LogP contribution < -0.4 is 4.74 Å². The van der Waals surface area contributed by atoms with E-state index in [1.165, 1.54) is 11.8 Å². The molecule has 0 bridgehead atoms. The van der Waals surface area contributed by atoms with Crippen LogP contribution in [0, 0.1) is 0 Å². The molecule has 0 N–H and O–H groups in total. The van der Waals surface area contributed by atoms with Crippen LogP contribution in [-0.2, 0) is 16.1 Å². The van der Waals surface area contributed by atoms with Crippen molar-refractivity contribution in [2.45, 2.75) is 26.5 Å². The molecule has 0 aliphatic carbocycles. The maximum absolute atomic E-state index is 12.8. The molecule has 0 aromatic heterocycles. The van der Waals surface area contributed by atoms with E-state index < -0.39 is 0 Å². The van der Waals surface area contributed by atoms with Gasteiger partial charge in [-0.1, -0.05) is 35.5 Å². The average Bonchev–Trinajstić information content (AvgIpc) is 3.21. The number of allylic oxidation sites excluding steroid dienone is 1. The molecule has 2 heterocycles. The molecule has 2 aliphatic rings. The van der Waals surface area contributed by atoms with E-state index in [0.717, 1.165) is 25.2 Å². The van der Waals surface area contributed by atoms with E-state index in [1.54, 1.807) is 6.92 Å². The summed E-state index contributed by atoms with van der Waals surface area (Å²) in [7, 11) is 0. The highest BCUT2D eigenvalue weighted by Gasteiger charge is 2.38. The molecule has 2 aromatic carbocycles. The van der Waals surface area contributed by atoms with Crippen molar-refractivity contribution in [3.63, 3.8) is 0 Å². The number of esters is 1. The Morgan fingerprint density at radius 3 is 2.56 bits per heavy atom. The SMILES string of the molecule is CCOC(=O)C1=C(C)N=C2SC=CN2[C@H]1c1cc(Br)c(OCc2ccc(Cl)cc2)c(Br)c1. The van der Waals surface area contributed by atoms with Crippen LogP contribution in [0.1, 0.15) is 31.0 Å². The molecule has 2 aromatic rings. The predicted molar refractivity (Wildman–Crippen MR) is 136 cm³/mol. The van der Waals surface area contributed by atoms with Crippen molar-refractivity contribution in [2.24, 2.45) is 4.99 Å². The molecule has 0 fully saturated rings. The molecule has 166 valence electrons. The van der Waals surface area contributed by atoms with Crippen molar-refractivity contribution >= 4 is 66.4 Å². The number of ether oxygens (including phenoxy) is 2. The highest BCUT2D eigenvalue weighted by atomic mass is 79.9. The fourth-order valence-electron chi connectivity index (χ4n) is 3.51. The Hall–Kier alpha value is -1.74. The van der Waals surface area contributed by atoms with Gasteiger partial charge in [0.25, 0.3) is 0 Å². The van der Waals surface area contributed by atoms with Crippen LogP contribution in [0.4, 0.5) is 0 Å². The third-order valence-corrected chi connectivity index (χ3v) is 7.15. The summed E-state index contributed by atoms with van der Waals surface area (Å²) in [6, 6.07) is 11.1. The molecule has 4 rings (SSSR count). The molecule has 9 heteroatoms. The van der Waals surface area contributed by atoms with Gasteiger partial charge in [-0.2, -0.15) is 0 Å². The average molecular weight is 599 g/mol. The first-order valence-electron chi connectivity index (χ1n) is 9.83. The van der Waals surface area contributed by atoms with Crippen LogP contribution in [0.25, 0.3) is 0 Å². The number of halogens is 3. The van der Waals surface area contributed by atoms with Crippen LogP contribution >= 0.6 is 55.2 Å². The summed E-state index contributed by atoms with van der Waals surface area (Å²) in [5.74, 6) is 0.316. The number of aliphatic imine (C=N–C) groups is 1. The minimum Gasteiger partial charge on any atom is -0.487 e. The van der Waals surface area contributed by atoms with Gasteiger partial charge in [-0.15, -0.1) is 0 Å². The number of hydrogen-bond donors (Lipinski definition) is 0. The summed E-state index contributed by atoms with van der Waals surface area (Å²) in [4.78, 5) is 19.4. The van der Waals surface area contributed by atoms with Crippen LogP contribution in [0.2, 0.25) is 5.02 Å². The lowest BCUT2D eigenvalue weighted by molar-refractivity contribution is -0.139. The van der Waals surface area contributed by atoms with E-state index in [2.05, 4.69) is 36.9 Å². The Morgan fingerprint density at radius 2 is 1.91 bits per heavy atom. The molecule has 0 saturated carbocycles. The highest BCUT2D eigenvalue weighted by Crippen LogP contribution is 2.44. The fourth-order valence-corrected chi connectivity index (χ4v) is 5.88. The van der Waals surface area contributed by atoms with E-state index in [9.17, 15) is 4.79 Å². The smallest absolute Gasteiger partial charge is 0.338 e. The number of rotatable bonds is 6. The normalized spacial score (nSPS) is 17.3. The third-order valence-electron chi connectivity index (χ3n) is 4.95. The first kappa shape index (κ1) is 23.4. The number of fused-ring (bicyclic) bond motifs is 1. The minimum atomic E-state index is -0.363. The molecule has 32 heavy (non-hydrogen) atoms. The zero-order valence-corrected chi connectivity index (χ0v) is 22.0. The Balaban J connectivity index is 1.67. The van der Waals surface area contributed by atoms with Crippen LogP contribution in [-0.4, -0.2) is 22.6 Å². The fraction of sp³-hybridized carbons (Fsp3) is 0.217. The highest BCUT2D eigenvalue weighted by molar-refractivity contribution is 9.11. The molecular formula is C23H19Br2ClN2O3S. The number of nitrogens with zero attached hydrogens (tertiary/aromatic N) is 2. The summed E-state index contributed by atoms with van der Waals surface area (Å²) in [6.45, 7) is 4.34. The summed E-state index contributed by atoms with van der Waals surface area (Å²) < 4.78 is 13.0. The molecule has 2 aliphatic heterocycles. The molecule has 0 saturated heterocycles.